The van der Waals surface area contributed by atoms with E-state index in [0.29, 0.717) is 0 Å². The molecular weight excluding hydrogens is 188 g/mol. The van der Waals surface area contributed by atoms with Crippen molar-refractivity contribution in [1.82, 2.24) is 15.2 Å². The van der Waals surface area contributed by atoms with Gasteiger partial charge in [-0.05, 0) is 12.8 Å². The third-order valence-corrected chi connectivity index (χ3v) is 3.26. The molecule has 2 rings (SSSR count). The van der Waals surface area contributed by atoms with E-state index in [1.54, 1.807) is 0 Å². The molecule has 0 amide bonds. The molecule has 1 aliphatic carbocycles. The fourth-order valence-electron chi connectivity index (χ4n) is 2.34. The van der Waals surface area contributed by atoms with Gasteiger partial charge in [0.1, 0.15) is 11.6 Å². The summed E-state index contributed by atoms with van der Waals surface area (Å²) in [6, 6.07) is 0. The predicted octanol–water partition coefficient (Wildman–Crippen LogP) is 1.57. The Morgan fingerprint density at radius 2 is 2.07 bits per heavy atom. The predicted molar refractivity (Wildman–Crippen MR) is 59.5 cm³/mol. The van der Waals surface area contributed by atoms with Crippen LogP contribution in [0.3, 0.4) is 0 Å². The molecule has 1 heterocycles. The lowest BCUT2D eigenvalue weighted by Gasteiger charge is -2.32. The molecule has 1 aromatic heterocycles. The highest BCUT2D eigenvalue weighted by Crippen LogP contribution is 2.28. The summed E-state index contributed by atoms with van der Waals surface area (Å²) in [6.45, 7) is 2.06. The van der Waals surface area contributed by atoms with Crippen molar-refractivity contribution in [1.29, 1.82) is 0 Å². The normalized spacial score (nSPS) is 20.4. The molecule has 0 saturated heterocycles. The number of rotatable bonds is 3. The second-order valence-corrected chi connectivity index (χ2v) is 4.65. The van der Waals surface area contributed by atoms with Crippen LogP contribution in [0.1, 0.15) is 50.7 Å². The molecule has 1 saturated carbocycles. The van der Waals surface area contributed by atoms with Crippen LogP contribution in [-0.2, 0) is 12.8 Å². The Morgan fingerprint density at radius 3 is 2.67 bits per heavy atom. The maximum atomic E-state index is 6.35. The SMILES string of the molecule is CCc1n[nH]c(CC2(N)CCCCC2)n1. The molecule has 1 fully saturated rings. The van der Waals surface area contributed by atoms with Crippen molar-refractivity contribution >= 4 is 0 Å². The van der Waals surface area contributed by atoms with E-state index in [4.69, 9.17) is 5.73 Å². The van der Waals surface area contributed by atoms with Crippen molar-refractivity contribution in [3.05, 3.63) is 11.6 Å². The van der Waals surface area contributed by atoms with Crippen molar-refractivity contribution in [3.63, 3.8) is 0 Å². The number of hydrogen-bond acceptors (Lipinski definition) is 3. The van der Waals surface area contributed by atoms with Crippen LogP contribution in [0.4, 0.5) is 0 Å². The Balaban J connectivity index is 2.00. The topological polar surface area (TPSA) is 67.6 Å². The van der Waals surface area contributed by atoms with Crippen molar-refractivity contribution in [2.45, 2.75) is 57.4 Å². The summed E-state index contributed by atoms with van der Waals surface area (Å²) in [6.07, 6.45) is 7.81. The summed E-state index contributed by atoms with van der Waals surface area (Å²) >= 11 is 0. The van der Waals surface area contributed by atoms with Gasteiger partial charge in [0, 0.05) is 18.4 Å². The number of nitrogens with one attached hydrogen (secondary N) is 1. The van der Waals surface area contributed by atoms with Crippen LogP contribution in [0.25, 0.3) is 0 Å². The highest BCUT2D eigenvalue weighted by molar-refractivity contribution is 4.99. The van der Waals surface area contributed by atoms with Crippen LogP contribution in [0.2, 0.25) is 0 Å². The zero-order valence-corrected chi connectivity index (χ0v) is 9.42. The van der Waals surface area contributed by atoms with E-state index >= 15 is 0 Å². The number of hydrogen-bond donors (Lipinski definition) is 2. The summed E-state index contributed by atoms with van der Waals surface area (Å²) in [5.41, 5.74) is 6.32. The average Bonchev–Trinajstić information content (AvgIpc) is 2.66. The van der Waals surface area contributed by atoms with E-state index in [1.165, 1.54) is 19.3 Å². The first kappa shape index (κ1) is 10.6. The minimum absolute atomic E-state index is 0.0389. The highest BCUT2D eigenvalue weighted by Gasteiger charge is 2.28. The van der Waals surface area contributed by atoms with E-state index in [-0.39, 0.29) is 5.54 Å². The Hall–Kier alpha value is -0.900. The fourth-order valence-corrected chi connectivity index (χ4v) is 2.34. The number of nitrogens with two attached hydrogens (primary N) is 1. The first-order chi connectivity index (χ1) is 7.22. The van der Waals surface area contributed by atoms with E-state index in [1.807, 2.05) is 0 Å². The molecule has 84 valence electrons. The van der Waals surface area contributed by atoms with Gasteiger partial charge in [0.15, 0.2) is 0 Å². The second kappa shape index (κ2) is 4.31. The Bertz CT molecular complexity index is 312. The molecule has 0 bridgehead atoms. The standard InChI is InChI=1S/C11H20N4/c1-2-9-13-10(15-14-9)8-11(12)6-4-3-5-7-11/h2-8,12H2,1H3,(H,13,14,15). The molecule has 0 aromatic carbocycles. The molecule has 15 heavy (non-hydrogen) atoms. The van der Waals surface area contributed by atoms with Crippen molar-refractivity contribution < 1.29 is 0 Å². The van der Waals surface area contributed by atoms with Gasteiger partial charge in [-0.1, -0.05) is 26.2 Å². The van der Waals surface area contributed by atoms with Gasteiger partial charge >= 0.3 is 0 Å². The molecule has 1 aliphatic rings. The molecular formula is C11H20N4. The third kappa shape index (κ3) is 2.56. The third-order valence-electron chi connectivity index (χ3n) is 3.26. The van der Waals surface area contributed by atoms with Crippen LogP contribution in [0.5, 0.6) is 0 Å². The lowest BCUT2D eigenvalue weighted by molar-refractivity contribution is 0.290. The number of H-pyrrole nitrogens is 1. The average molecular weight is 208 g/mol. The van der Waals surface area contributed by atoms with E-state index in [2.05, 4.69) is 22.1 Å². The van der Waals surface area contributed by atoms with Gasteiger partial charge in [0.05, 0.1) is 0 Å². The molecule has 0 atom stereocenters. The van der Waals surface area contributed by atoms with Crippen molar-refractivity contribution in [2.75, 3.05) is 0 Å². The quantitative estimate of drug-likeness (QED) is 0.792. The van der Waals surface area contributed by atoms with E-state index in [9.17, 15) is 0 Å². The summed E-state index contributed by atoms with van der Waals surface area (Å²) in [5.74, 6) is 1.85. The zero-order chi connectivity index (χ0) is 10.7. The zero-order valence-electron chi connectivity index (χ0n) is 9.42. The van der Waals surface area contributed by atoms with Crippen molar-refractivity contribution in [3.8, 4) is 0 Å². The molecule has 3 N–H and O–H groups in total. The highest BCUT2D eigenvalue weighted by atomic mass is 15.2. The van der Waals surface area contributed by atoms with Gasteiger partial charge in [-0.2, -0.15) is 5.10 Å². The van der Waals surface area contributed by atoms with Gasteiger partial charge in [-0.15, -0.1) is 0 Å². The maximum Gasteiger partial charge on any atom is 0.150 e. The van der Waals surface area contributed by atoms with E-state index < -0.39 is 0 Å². The Kier molecular flexibility index (Phi) is 3.05. The van der Waals surface area contributed by atoms with Gasteiger partial charge in [0.25, 0.3) is 0 Å². The molecule has 1 aromatic rings. The summed E-state index contributed by atoms with van der Waals surface area (Å²) in [7, 11) is 0. The van der Waals surface area contributed by atoms with Crippen LogP contribution in [-0.4, -0.2) is 20.7 Å². The molecule has 4 heteroatoms. The maximum absolute atomic E-state index is 6.35. The largest absolute Gasteiger partial charge is 0.325 e. The van der Waals surface area contributed by atoms with Gasteiger partial charge in [0.2, 0.25) is 0 Å². The molecule has 0 spiro atoms. The van der Waals surface area contributed by atoms with Crippen molar-refractivity contribution in [2.24, 2.45) is 5.73 Å². The smallest absolute Gasteiger partial charge is 0.150 e. The molecule has 0 radical (unpaired) electrons. The Morgan fingerprint density at radius 1 is 1.33 bits per heavy atom. The first-order valence-corrected chi connectivity index (χ1v) is 5.91. The Labute approximate surface area is 90.7 Å². The number of aromatic amines is 1. The van der Waals surface area contributed by atoms with Crippen LogP contribution < -0.4 is 5.73 Å². The van der Waals surface area contributed by atoms with E-state index in [0.717, 1.165) is 37.3 Å². The fraction of sp³-hybridized carbons (Fsp3) is 0.818. The molecule has 4 nitrogen and oxygen atoms in total. The minimum Gasteiger partial charge on any atom is -0.325 e. The minimum atomic E-state index is -0.0389. The lowest BCUT2D eigenvalue weighted by Crippen LogP contribution is -2.44. The van der Waals surface area contributed by atoms with Crippen LogP contribution in [0.15, 0.2) is 0 Å². The van der Waals surface area contributed by atoms with Gasteiger partial charge in [-0.25, -0.2) is 4.98 Å². The summed E-state index contributed by atoms with van der Waals surface area (Å²) < 4.78 is 0. The van der Waals surface area contributed by atoms with Gasteiger partial charge in [-0.3, -0.25) is 5.10 Å². The van der Waals surface area contributed by atoms with Crippen LogP contribution in [0, 0.1) is 0 Å². The summed E-state index contributed by atoms with van der Waals surface area (Å²) in [5, 5.41) is 7.13. The first-order valence-electron chi connectivity index (χ1n) is 5.91. The number of aryl methyl sites for hydroxylation is 1. The van der Waals surface area contributed by atoms with Gasteiger partial charge < -0.3 is 5.73 Å². The number of aromatic nitrogens is 3. The molecule has 0 unspecified atom stereocenters. The monoisotopic (exact) mass is 208 g/mol. The molecule has 0 aliphatic heterocycles. The van der Waals surface area contributed by atoms with Crippen LogP contribution >= 0.6 is 0 Å². The second-order valence-electron chi connectivity index (χ2n) is 4.65. The lowest BCUT2D eigenvalue weighted by atomic mass is 9.80. The number of nitrogens with zero attached hydrogens (tertiary/aromatic N) is 2. The summed E-state index contributed by atoms with van der Waals surface area (Å²) in [4.78, 5) is 4.42.